The van der Waals surface area contributed by atoms with E-state index in [4.69, 9.17) is 9.47 Å². The zero-order chi connectivity index (χ0) is 20.5. The molecule has 1 amide bonds. The number of aromatic nitrogens is 2. The molecule has 0 saturated heterocycles. The van der Waals surface area contributed by atoms with Gasteiger partial charge in [0.15, 0.2) is 0 Å². The van der Waals surface area contributed by atoms with Gasteiger partial charge < -0.3 is 19.5 Å². The zero-order valence-electron chi connectivity index (χ0n) is 16.6. The lowest BCUT2D eigenvalue weighted by Gasteiger charge is -2.26. The van der Waals surface area contributed by atoms with Crippen molar-refractivity contribution in [2.45, 2.75) is 13.0 Å². The van der Waals surface area contributed by atoms with Crippen molar-refractivity contribution in [3.63, 3.8) is 0 Å². The fourth-order valence-corrected chi connectivity index (χ4v) is 3.82. The summed E-state index contributed by atoms with van der Waals surface area (Å²) in [6, 6.07) is 12.6. The van der Waals surface area contributed by atoms with Crippen molar-refractivity contribution in [3.8, 4) is 22.8 Å². The predicted octanol–water partition coefficient (Wildman–Crippen LogP) is 3.29. The monoisotopic (exact) mass is 393 g/mol. The number of aromatic hydroxyl groups is 1. The molecule has 0 unspecified atom stereocenters. The summed E-state index contributed by atoms with van der Waals surface area (Å²) in [5, 5.41) is 17.7. The molecule has 2 N–H and O–H groups in total. The Hall–Kier alpha value is -3.32. The van der Waals surface area contributed by atoms with Crippen LogP contribution in [0.25, 0.3) is 11.3 Å². The number of carbonyl (C=O) groups is 1. The van der Waals surface area contributed by atoms with Crippen LogP contribution in [0.1, 0.15) is 33.2 Å². The van der Waals surface area contributed by atoms with Crippen LogP contribution in [0.15, 0.2) is 42.5 Å². The first-order valence-corrected chi connectivity index (χ1v) is 9.37. The Morgan fingerprint density at radius 3 is 2.79 bits per heavy atom. The third kappa shape index (κ3) is 3.23. The number of hydrogen-bond donors (Lipinski definition) is 2. The predicted molar refractivity (Wildman–Crippen MR) is 108 cm³/mol. The number of rotatable bonds is 6. The third-order valence-corrected chi connectivity index (χ3v) is 5.22. The highest BCUT2D eigenvalue weighted by Crippen LogP contribution is 2.44. The van der Waals surface area contributed by atoms with E-state index in [9.17, 15) is 9.90 Å². The number of amides is 1. The number of hydrogen-bond acceptors (Lipinski definition) is 5. The Morgan fingerprint density at radius 2 is 2.03 bits per heavy atom. The van der Waals surface area contributed by atoms with Gasteiger partial charge in [-0.05, 0) is 36.8 Å². The summed E-state index contributed by atoms with van der Waals surface area (Å²) in [5.74, 6) is 0.686. The number of carbonyl (C=O) groups excluding carboxylic acids is 1. The van der Waals surface area contributed by atoms with Crippen LogP contribution in [-0.2, 0) is 4.74 Å². The molecule has 2 heterocycles. The van der Waals surface area contributed by atoms with Crippen molar-refractivity contribution in [2.75, 3.05) is 27.4 Å². The van der Waals surface area contributed by atoms with E-state index in [2.05, 4.69) is 10.2 Å². The molecule has 7 heteroatoms. The van der Waals surface area contributed by atoms with Gasteiger partial charge >= 0.3 is 0 Å². The highest BCUT2D eigenvalue weighted by molar-refractivity contribution is 6.00. The second-order valence-corrected chi connectivity index (χ2v) is 7.05. The standard InChI is InChI=1S/C22H23N3O4/c1-13-7-8-17(26)16(11-13)19-18-20(24-23-19)22(27)25(9-10-28-2)21(18)14-5-4-6-15(12-14)29-3/h4-8,11-12,21,26H,9-10H2,1-3H3,(H,23,24)/t21-/m1/s1. The second kappa shape index (κ2) is 7.60. The van der Waals surface area contributed by atoms with E-state index in [1.165, 1.54) is 0 Å². The van der Waals surface area contributed by atoms with E-state index in [0.717, 1.165) is 16.7 Å². The van der Waals surface area contributed by atoms with Crippen LogP contribution in [0, 0.1) is 6.92 Å². The average Bonchev–Trinajstić information content (AvgIpc) is 3.27. The molecule has 0 saturated carbocycles. The summed E-state index contributed by atoms with van der Waals surface area (Å²) in [7, 11) is 3.22. The summed E-state index contributed by atoms with van der Waals surface area (Å²) in [6.45, 7) is 2.79. The van der Waals surface area contributed by atoms with Crippen molar-refractivity contribution in [1.29, 1.82) is 0 Å². The maximum Gasteiger partial charge on any atom is 0.273 e. The highest BCUT2D eigenvalue weighted by atomic mass is 16.5. The van der Waals surface area contributed by atoms with Gasteiger partial charge in [0.2, 0.25) is 0 Å². The van der Waals surface area contributed by atoms with Crippen LogP contribution >= 0.6 is 0 Å². The first-order valence-electron chi connectivity index (χ1n) is 9.37. The van der Waals surface area contributed by atoms with E-state index in [1.54, 1.807) is 25.2 Å². The van der Waals surface area contributed by atoms with Crippen molar-refractivity contribution in [2.24, 2.45) is 0 Å². The maximum absolute atomic E-state index is 13.1. The number of fused-ring (bicyclic) bond motifs is 1. The number of H-pyrrole nitrogens is 1. The van der Waals surface area contributed by atoms with Crippen LogP contribution in [0.5, 0.6) is 11.5 Å². The summed E-state index contributed by atoms with van der Waals surface area (Å²) >= 11 is 0. The Morgan fingerprint density at radius 1 is 1.21 bits per heavy atom. The third-order valence-electron chi connectivity index (χ3n) is 5.22. The van der Waals surface area contributed by atoms with E-state index in [-0.39, 0.29) is 17.7 Å². The molecule has 0 aliphatic carbocycles. The molecule has 4 rings (SSSR count). The SMILES string of the molecule is COCCN1C(=O)c2[nH]nc(-c3cc(C)ccc3O)c2[C@H]1c1cccc(OC)c1. The molecule has 2 aromatic carbocycles. The average molecular weight is 393 g/mol. The molecule has 0 bridgehead atoms. The Balaban J connectivity index is 1.90. The highest BCUT2D eigenvalue weighted by Gasteiger charge is 2.42. The molecule has 1 aromatic heterocycles. The number of nitrogens with zero attached hydrogens (tertiary/aromatic N) is 2. The smallest absolute Gasteiger partial charge is 0.273 e. The van der Waals surface area contributed by atoms with Gasteiger partial charge in [-0.3, -0.25) is 9.89 Å². The summed E-state index contributed by atoms with van der Waals surface area (Å²) < 4.78 is 10.6. The topological polar surface area (TPSA) is 87.7 Å². The van der Waals surface area contributed by atoms with E-state index in [1.807, 2.05) is 43.3 Å². The molecule has 29 heavy (non-hydrogen) atoms. The lowest BCUT2D eigenvalue weighted by molar-refractivity contribution is 0.0677. The summed E-state index contributed by atoms with van der Waals surface area (Å²) in [6.07, 6.45) is 0. The number of benzene rings is 2. The zero-order valence-corrected chi connectivity index (χ0v) is 16.6. The first kappa shape index (κ1) is 19.0. The van der Waals surface area contributed by atoms with Gasteiger partial charge in [0.05, 0.1) is 19.8 Å². The second-order valence-electron chi connectivity index (χ2n) is 7.05. The number of methoxy groups -OCH3 is 2. The van der Waals surface area contributed by atoms with Crippen molar-refractivity contribution in [3.05, 3.63) is 64.8 Å². The molecular weight excluding hydrogens is 370 g/mol. The minimum atomic E-state index is -0.364. The van der Waals surface area contributed by atoms with Gasteiger partial charge in [-0.15, -0.1) is 0 Å². The molecule has 7 nitrogen and oxygen atoms in total. The molecule has 0 radical (unpaired) electrons. The lowest BCUT2D eigenvalue weighted by Crippen LogP contribution is -2.32. The van der Waals surface area contributed by atoms with Crippen molar-refractivity contribution < 1.29 is 19.4 Å². The number of phenols is 1. The number of aromatic amines is 1. The number of phenolic OH excluding ortho intramolecular Hbond substituents is 1. The number of nitrogens with one attached hydrogen (secondary N) is 1. The molecule has 0 fully saturated rings. The summed E-state index contributed by atoms with van der Waals surface area (Å²) in [5.41, 5.74) is 4.25. The lowest BCUT2D eigenvalue weighted by atomic mass is 9.95. The summed E-state index contributed by atoms with van der Waals surface area (Å²) in [4.78, 5) is 14.9. The molecule has 1 atom stereocenters. The normalized spacial score (nSPS) is 15.6. The number of aryl methyl sites for hydroxylation is 1. The Kier molecular flexibility index (Phi) is 4.98. The van der Waals surface area contributed by atoms with Crippen LogP contribution in [0.3, 0.4) is 0 Å². The quantitative estimate of drug-likeness (QED) is 0.671. The molecule has 1 aliphatic heterocycles. The van der Waals surface area contributed by atoms with Gasteiger partial charge in [-0.25, -0.2) is 0 Å². The molecule has 1 aliphatic rings. The van der Waals surface area contributed by atoms with Crippen molar-refractivity contribution >= 4 is 5.91 Å². The van der Waals surface area contributed by atoms with Crippen LogP contribution < -0.4 is 4.74 Å². The molecule has 3 aromatic rings. The fourth-order valence-electron chi connectivity index (χ4n) is 3.82. The van der Waals surface area contributed by atoms with Gasteiger partial charge in [0.25, 0.3) is 5.91 Å². The van der Waals surface area contributed by atoms with E-state index >= 15 is 0 Å². The van der Waals surface area contributed by atoms with E-state index in [0.29, 0.717) is 35.9 Å². The molecule has 150 valence electrons. The van der Waals surface area contributed by atoms with Crippen LogP contribution in [0.4, 0.5) is 0 Å². The molecule has 0 spiro atoms. The van der Waals surface area contributed by atoms with Gasteiger partial charge in [-0.2, -0.15) is 5.10 Å². The van der Waals surface area contributed by atoms with Crippen LogP contribution in [0.2, 0.25) is 0 Å². The largest absolute Gasteiger partial charge is 0.507 e. The Labute approximate surface area is 168 Å². The minimum Gasteiger partial charge on any atom is -0.507 e. The van der Waals surface area contributed by atoms with Crippen molar-refractivity contribution in [1.82, 2.24) is 15.1 Å². The van der Waals surface area contributed by atoms with Crippen LogP contribution in [-0.4, -0.2) is 53.5 Å². The molecular formula is C22H23N3O4. The minimum absolute atomic E-state index is 0.122. The maximum atomic E-state index is 13.1. The van der Waals surface area contributed by atoms with Gasteiger partial charge in [0.1, 0.15) is 22.9 Å². The van der Waals surface area contributed by atoms with E-state index < -0.39 is 0 Å². The van der Waals surface area contributed by atoms with Gasteiger partial charge in [0, 0.05) is 24.8 Å². The Bertz CT molecular complexity index is 1060. The fraction of sp³-hybridized carbons (Fsp3) is 0.273. The first-order chi connectivity index (χ1) is 14.0. The van der Waals surface area contributed by atoms with Gasteiger partial charge in [-0.1, -0.05) is 23.8 Å². The number of ether oxygens (including phenoxy) is 2.